The van der Waals surface area contributed by atoms with Crippen molar-refractivity contribution < 1.29 is 23.0 Å². The van der Waals surface area contributed by atoms with Crippen LogP contribution in [0.15, 0.2) is 36.4 Å². The lowest BCUT2D eigenvalue weighted by Gasteiger charge is -2.29. The zero-order valence-corrected chi connectivity index (χ0v) is 18.7. The summed E-state index contributed by atoms with van der Waals surface area (Å²) in [6.45, 7) is 5.29. The number of unbranched alkanes of at least 4 members (excludes halogenated alkanes) is 2. The van der Waals surface area contributed by atoms with Crippen LogP contribution in [0.1, 0.15) is 75.0 Å². The molecule has 5 heteroatoms. The van der Waals surface area contributed by atoms with Gasteiger partial charge in [0.2, 0.25) is 5.82 Å². The maximum absolute atomic E-state index is 14.5. The Morgan fingerprint density at radius 2 is 1.68 bits per heavy atom. The Morgan fingerprint density at radius 3 is 2.35 bits per heavy atom. The van der Waals surface area contributed by atoms with Crippen LogP contribution in [0.3, 0.4) is 0 Å². The molecule has 31 heavy (non-hydrogen) atoms. The van der Waals surface area contributed by atoms with E-state index in [0.717, 1.165) is 18.4 Å². The highest BCUT2D eigenvalue weighted by atomic mass is 19.2. The summed E-state index contributed by atoms with van der Waals surface area (Å²) in [5.41, 5.74) is 2.81. The van der Waals surface area contributed by atoms with E-state index in [1.165, 1.54) is 30.9 Å². The lowest BCUT2D eigenvalue weighted by Crippen LogP contribution is -2.27. The zero-order valence-electron chi connectivity index (χ0n) is 18.7. The Hall–Kier alpha value is -1.98. The molecule has 0 aromatic heterocycles. The van der Waals surface area contributed by atoms with Gasteiger partial charge in [0.25, 0.3) is 0 Å². The Bertz CT molecular complexity index is 799. The van der Waals surface area contributed by atoms with Crippen molar-refractivity contribution in [1.29, 1.82) is 0 Å². The van der Waals surface area contributed by atoms with Crippen molar-refractivity contribution in [2.24, 2.45) is 0 Å². The zero-order chi connectivity index (χ0) is 22.1. The summed E-state index contributed by atoms with van der Waals surface area (Å²) < 4.78 is 45.8. The van der Waals surface area contributed by atoms with Crippen LogP contribution < -0.4 is 4.74 Å². The molecule has 0 saturated carbocycles. The first-order chi connectivity index (χ1) is 15.1. The molecule has 1 aliphatic rings. The fourth-order valence-electron chi connectivity index (χ4n) is 3.86. The molecule has 0 radical (unpaired) electrons. The van der Waals surface area contributed by atoms with E-state index in [4.69, 9.17) is 14.2 Å². The van der Waals surface area contributed by atoms with Crippen molar-refractivity contribution in [3.05, 3.63) is 64.7 Å². The molecule has 2 atom stereocenters. The molecule has 1 saturated heterocycles. The van der Waals surface area contributed by atoms with Gasteiger partial charge in [0, 0.05) is 5.92 Å². The quantitative estimate of drug-likeness (QED) is 0.361. The number of hydrogen-bond acceptors (Lipinski definition) is 3. The van der Waals surface area contributed by atoms with Gasteiger partial charge in [0.15, 0.2) is 17.9 Å². The number of aryl methyl sites for hydroxylation is 1. The van der Waals surface area contributed by atoms with E-state index in [1.54, 1.807) is 6.07 Å². The SMILES string of the molecule is CCCCCc1ccc(COC2CCC(c3ccc(OCCC)c(F)c3F)CO2)cc1. The van der Waals surface area contributed by atoms with Gasteiger partial charge in [-0.2, -0.15) is 4.39 Å². The van der Waals surface area contributed by atoms with Crippen molar-refractivity contribution in [3.63, 3.8) is 0 Å². The molecule has 0 N–H and O–H groups in total. The third-order valence-corrected chi connectivity index (χ3v) is 5.74. The minimum Gasteiger partial charge on any atom is -0.490 e. The van der Waals surface area contributed by atoms with Crippen LogP contribution in [0.25, 0.3) is 0 Å². The van der Waals surface area contributed by atoms with Gasteiger partial charge in [0.1, 0.15) is 0 Å². The lowest BCUT2D eigenvalue weighted by molar-refractivity contribution is -0.173. The molecule has 2 unspecified atom stereocenters. The molecule has 0 bridgehead atoms. The Labute approximate surface area is 184 Å². The van der Waals surface area contributed by atoms with Gasteiger partial charge in [-0.1, -0.05) is 57.0 Å². The molecule has 1 fully saturated rings. The van der Waals surface area contributed by atoms with Gasteiger partial charge in [-0.05, 0) is 54.9 Å². The Kier molecular flexibility index (Phi) is 9.29. The van der Waals surface area contributed by atoms with Crippen LogP contribution in [-0.4, -0.2) is 19.5 Å². The molecule has 170 valence electrons. The molecular weight excluding hydrogens is 398 g/mol. The van der Waals surface area contributed by atoms with Gasteiger partial charge >= 0.3 is 0 Å². The standard InChI is InChI=1S/C26H34F2O3/c1-3-5-6-7-19-8-10-20(11-9-19)17-30-24-15-12-21(18-31-24)22-13-14-23(29-16-4-2)26(28)25(22)27/h8-11,13-14,21,24H,3-7,12,15-18H2,1-2H3. The van der Waals surface area contributed by atoms with Gasteiger partial charge < -0.3 is 14.2 Å². The lowest BCUT2D eigenvalue weighted by atomic mass is 9.92. The van der Waals surface area contributed by atoms with E-state index in [-0.39, 0.29) is 18.0 Å². The van der Waals surface area contributed by atoms with Crippen LogP contribution in [0.4, 0.5) is 8.78 Å². The van der Waals surface area contributed by atoms with E-state index in [2.05, 4.69) is 31.2 Å². The normalized spacial score (nSPS) is 18.8. The van der Waals surface area contributed by atoms with Crippen molar-refractivity contribution >= 4 is 0 Å². The summed E-state index contributed by atoms with van der Waals surface area (Å²) in [4.78, 5) is 0. The minimum absolute atomic E-state index is 0.0302. The number of rotatable bonds is 11. The van der Waals surface area contributed by atoms with E-state index < -0.39 is 11.6 Å². The summed E-state index contributed by atoms with van der Waals surface area (Å²) in [7, 11) is 0. The van der Waals surface area contributed by atoms with Crippen molar-refractivity contribution in [2.75, 3.05) is 13.2 Å². The molecule has 2 aromatic carbocycles. The second kappa shape index (κ2) is 12.2. The highest BCUT2D eigenvalue weighted by molar-refractivity contribution is 5.33. The first-order valence-electron chi connectivity index (χ1n) is 11.5. The summed E-state index contributed by atoms with van der Waals surface area (Å²) in [5, 5.41) is 0. The minimum atomic E-state index is -0.914. The first kappa shape index (κ1) is 23.7. The van der Waals surface area contributed by atoms with Crippen LogP contribution in [0.2, 0.25) is 0 Å². The number of halogens is 2. The van der Waals surface area contributed by atoms with Gasteiger partial charge in [0.05, 0.1) is 19.8 Å². The van der Waals surface area contributed by atoms with Crippen LogP contribution >= 0.6 is 0 Å². The fourth-order valence-corrected chi connectivity index (χ4v) is 3.86. The summed E-state index contributed by atoms with van der Waals surface area (Å²) in [5.74, 6) is -1.96. The first-order valence-corrected chi connectivity index (χ1v) is 11.5. The second-order valence-corrected chi connectivity index (χ2v) is 8.25. The molecule has 3 nitrogen and oxygen atoms in total. The maximum Gasteiger partial charge on any atom is 0.200 e. The van der Waals surface area contributed by atoms with Crippen LogP contribution in [-0.2, 0) is 22.5 Å². The van der Waals surface area contributed by atoms with Crippen LogP contribution in [0, 0.1) is 11.6 Å². The third kappa shape index (κ3) is 6.75. The molecule has 0 amide bonds. The van der Waals surface area contributed by atoms with Crippen molar-refractivity contribution in [3.8, 4) is 5.75 Å². The van der Waals surface area contributed by atoms with Gasteiger partial charge in [-0.15, -0.1) is 0 Å². The Balaban J connectivity index is 1.46. The number of benzene rings is 2. The molecule has 3 rings (SSSR count). The van der Waals surface area contributed by atoms with E-state index in [0.29, 0.717) is 38.2 Å². The van der Waals surface area contributed by atoms with Crippen molar-refractivity contribution in [2.45, 2.75) is 77.6 Å². The number of ether oxygens (including phenoxy) is 3. The molecule has 0 spiro atoms. The summed E-state index contributed by atoms with van der Waals surface area (Å²) in [6, 6.07) is 11.7. The monoisotopic (exact) mass is 432 g/mol. The van der Waals surface area contributed by atoms with Crippen LogP contribution in [0.5, 0.6) is 5.75 Å². The summed E-state index contributed by atoms with van der Waals surface area (Å²) >= 11 is 0. The molecule has 0 aliphatic carbocycles. The predicted octanol–water partition coefficient (Wildman–Crippen LogP) is 6.92. The molecule has 1 aliphatic heterocycles. The van der Waals surface area contributed by atoms with E-state index in [9.17, 15) is 8.78 Å². The fraction of sp³-hybridized carbons (Fsp3) is 0.538. The van der Waals surface area contributed by atoms with Gasteiger partial charge in [-0.3, -0.25) is 0 Å². The van der Waals surface area contributed by atoms with E-state index >= 15 is 0 Å². The van der Waals surface area contributed by atoms with E-state index in [1.807, 2.05) is 6.92 Å². The number of hydrogen-bond donors (Lipinski definition) is 0. The average Bonchev–Trinajstić information content (AvgIpc) is 2.80. The molecule has 2 aromatic rings. The highest BCUT2D eigenvalue weighted by Crippen LogP contribution is 2.34. The maximum atomic E-state index is 14.5. The molecular formula is C26H34F2O3. The van der Waals surface area contributed by atoms with Crippen molar-refractivity contribution in [1.82, 2.24) is 0 Å². The third-order valence-electron chi connectivity index (χ3n) is 5.74. The smallest absolute Gasteiger partial charge is 0.200 e. The average molecular weight is 433 g/mol. The topological polar surface area (TPSA) is 27.7 Å². The Morgan fingerprint density at radius 1 is 0.903 bits per heavy atom. The van der Waals surface area contributed by atoms with Gasteiger partial charge in [-0.25, -0.2) is 4.39 Å². The predicted molar refractivity (Wildman–Crippen MR) is 118 cm³/mol. The second-order valence-electron chi connectivity index (χ2n) is 8.25. The summed E-state index contributed by atoms with van der Waals surface area (Å²) in [6.07, 6.45) is 6.59. The highest BCUT2D eigenvalue weighted by Gasteiger charge is 2.27. The molecule has 1 heterocycles. The largest absolute Gasteiger partial charge is 0.490 e.